The first kappa shape index (κ1) is 33.6. The molecular formula is C31H37ClF3N7O. The van der Waals surface area contributed by atoms with Crippen LogP contribution in [0.25, 0.3) is 28.0 Å². The molecule has 0 bridgehead atoms. The average molecular weight is 616 g/mol. The minimum absolute atomic E-state index is 0.0874. The molecule has 0 spiro atoms. The van der Waals surface area contributed by atoms with Crippen molar-refractivity contribution in [3.05, 3.63) is 94.3 Å². The molecule has 0 aliphatic heterocycles. The molecular weight excluding hydrogens is 579 g/mol. The highest BCUT2D eigenvalue weighted by Gasteiger charge is 2.17. The molecule has 2 aromatic carbocycles. The van der Waals surface area contributed by atoms with Crippen LogP contribution >= 0.6 is 11.6 Å². The van der Waals surface area contributed by atoms with Gasteiger partial charge in [-0.2, -0.15) is 4.98 Å². The molecule has 2 heterocycles. The molecule has 43 heavy (non-hydrogen) atoms. The monoisotopic (exact) mass is 615 g/mol. The summed E-state index contributed by atoms with van der Waals surface area (Å²) in [6.45, 7) is 9.92. The summed E-state index contributed by atoms with van der Waals surface area (Å²) in [5, 5.41) is 3.86. The van der Waals surface area contributed by atoms with Crippen LogP contribution in [0.2, 0.25) is 5.02 Å². The first-order chi connectivity index (χ1) is 20.6. The zero-order chi connectivity index (χ0) is 31.5. The van der Waals surface area contributed by atoms with Crippen molar-refractivity contribution in [1.82, 2.24) is 19.9 Å². The van der Waals surface area contributed by atoms with Gasteiger partial charge in [-0.25, -0.2) is 18.0 Å². The second-order valence-electron chi connectivity index (χ2n) is 9.93. The Hall–Kier alpha value is -3.93. The van der Waals surface area contributed by atoms with Crippen molar-refractivity contribution in [3.63, 3.8) is 0 Å². The van der Waals surface area contributed by atoms with Crippen molar-refractivity contribution in [1.29, 1.82) is 0 Å². The number of amidine groups is 1. The van der Waals surface area contributed by atoms with Gasteiger partial charge in [-0.1, -0.05) is 23.7 Å². The van der Waals surface area contributed by atoms with E-state index < -0.39 is 24.0 Å². The number of hydrogen-bond donors (Lipinski definition) is 4. The number of halogens is 4. The molecule has 4 aromatic rings. The van der Waals surface area contributed by atoms with Crippen LogP contribution in [0.15, 0.2) is 71.6 Å². The Balaban J connectivity index is 0.00000248. The van der Waals surface area contributed by atoms with Gasteiger partial charge >= 0.3 is 5.69 Å². The van der Waals surface area contributed by atoms with Gasteiger partial charge in [0.25, 0.3) is 6.43 Å². The summed E-state index contributed by atoms with van der Waals surface area (Å²) in [5.74, 6) is -0.0545. The van der Waals surface area contributed by atoms with Gasteiger partial charge in [0.2, 0.25) is 0 Å². The standard InChI is InChI=1S/C29H33ClF3N7O.C2H4/c1-17(34)37-11-3-10-36-15-18-6-8-21(9-7-18)40-16-20-14-25(38-28(20)39-29(40)41)22-12-19(13-23(30)26(22)31)4-2-5-24(35)27(32)33;1-2/h6-9,12-14,16,24,27,36H,2-5,10-11,15,35H2,1H3,(H2,34,37)(H,38,39,41);1-2H2. The molecule has 0 saturated carbocycles. The molecule has 1 unspecified atom stereocenters. The molecule has 6 N–H and O–H groups in total. The van der Waals surface area contributed by atoms with Crippen LogP contribution < -0.4 is 22.5 Å². The number of benzene rings is 2. The van der Waals surface area contributed by atoms with Gasteiger partial charge < -0.3 is 21.8 Å². The SMILES string of the molecule is C=C.CC(N)=NCCCNCc1ccc(-n2cc3cc(-c4cc(CCCC(N)C(F)F)cc(Cl)c4F)[nH]c3nc2=O)cc1. The topological polar surface area (TPSA) is 127 Å². The molecule has 230 valence electrons. The number of H-pyrrole nitrogens is 1. The fourth-order valence-electron chi connectivity index (χ4n) is 4.44. The zero-order valence-corrected chi connectivity index (χ0v) is 24.8. The van der Waals surface area contributed by atoms with Crippen LogP contribution in [0, 0.1) is 5.82 Å². The molecule has 0 saturated heterocycles. The fourth-order valence-corrected chi connectivity index (χ4v) is 4.69. The number of hydrogen-bond acceptors (Lipinski definition) is 5. The first-order valence-electron chi connectivity index (χ1n) is 13.8. The van der Waals surface area contributed by atoms with Gasteiger partial charge in [0.1, 0.15) is 5.65 Å². The average Bonchev–Trinajstić information content (AvgIpc) is 3.39. The highest BCUT2D eigenvalue weighted by Crippen LogP contribution is 2.31. The second kappa shape index (κ2) is 16.1. The smallest absolute Gasteiger partial charge is 0.354 e. The lowest BCUT2D eigenvalue weighted by atomic mass is 10.0. The summed E-state index contributed by atoms with van der Waals surface area (Å²) in [4.78, 5) is 24.1. The summed E-state index contributed by atoms with van der Waals surface area (Å²) in [6.07, 6.45) is 0.874. The lowest BCUT2D eigenvalue weighted by molar-refractivity contribution is 0.111. The van der Waals surface area contributed by atoms with Crippen molar-refractivity contribution < 1.29 is 13.2 Å². The van der Waals surface area contributed by atoms with E-state index in [1.807, 2.05) is 24.3 Å². The maximum atomic E-state index is 15.0. The predicted molar refractivity (Wildman–Crippen MR) is 169 cm³/mol. The van der Waals surface area contributed by atoms with Gasteiger partial charge in [-0.15, -0.1) is 13.2 Å². The number of aliphatic imine (C=N–C) groups is 1. The largest absolute Gasteiger partial charge is 0.388 e. The Morgan fingerprint density at radius 1 is 1.16 bits per heavy atom. The summed E-state index contributed by atoms with van der Waals surface area (Å²) >= 11 is 6.15. The van der Waals surface area contributed by atoms with E-state index >= 15 is 4.39 Å². The number of aromatic amines is 1. The molecule has 0 fully saturated rings. The van der Waals surface area contributed by atoms with Crippen LogP contribution in [0.4, 0.5) is 13.2 Å². The van der Waals surface area contributed by atoms with Crippen LogP contribution in [0.5, 0.6) is 0 Å². The van der Waals surface area contributed by atoms with Gasteiger partial charge in [0.15, 0.2) is 5.82 Å². The normalized spacial score (nSPS) is 12.4. The van der Waals surface area contributed by atoms with Crippen LogP contribution in [0.3, 0.4) is 0 Å². The number of aryl methyl sites for hydroxylation is 1. The molecule has 0 aliphatic rings. The summed E-state index contributed by atoms with van der Waals surface area (Å²) in [6, 6.07) is 11.1. The van der Waals surface area contributed by atoms with Crippen molar-refractivity contribution in [2.24, 2.45) is 16.5 Å². The van der Waals surface area contributed by atoms with Gasteiger partial charge in [0.05, 0.1) is 28.3 Å². The number of aromatic nitrogens is 3. The molecule has 0 radical (unpaired) electrons. The number of nitrogens with two attached hydrogens (primary N) is 2. The maximum absolute atomic E-state index is 15.0. The van der Waals surface area contributed by atoms with Gasteiger partial charge in [-0.05, 0) is 80.6 Å². The molecule has 0 aliphatic carbocycles. The number of nitrogens with one attached hydrogen (secondary N) is 2. The van der Waals surface area contributed by atoms with Crippen LogP contribution in [0.1, 0.15) is 37.3 Å². The lowest BCUT2D eigenvalue weighted by Crippen LogP contribution is -2.28. The van der Waals surface area contributed by atoms with Crippen LogP contribution in [-0.4, -0.2) is 45.9 Å². The van der Waals surface area contributed by atoms with Crippen molar-refractivity contribution in [3.8, 4) is 16.9 Å². The van der Waals surface area contributed by atoms with Crippen molar-refractivity contribution in [2.75, 3.05) is 13.1 Å². The Bertz CT molecular complexity index is 1580. The number of fused-ring (bicyclic) bond motifs is 1. The van der Waals surface area contributed by atoms with Crippen LogP contribution in [-0.2, 0) is 13.0 Å². The van der Waals surface area contributed by atoms with E-state index in [0.717, 1.165) is 18.5 Å². The highest BCUT2D eigenvalue weighted by atomic mass is 35.5. The summed E-state index contributed by atoms with van der Waals surface area (Å²) in [5.41, 5.74) is 13.8. The zero-order valence-electron chi connectivity index (χ0n) is 24.1. The molecule has 8 nitrogen and oxygen atoms in total. The molecule has 1 atom stereocenters. The number of alkyl halides is 2. The highest BCUT2D eigenvalue weighted by molar-refractivity contribution is 6.31. The van der Waals surface area contributed by atoms with E-state index in [-0.39, 0.29) is 17.0 Å². The van der Waals surface area contributed by atoms with Crippen molar-refractivity contribution >= 4 is 28.5 Å². The molecule has 0 amide bonds. The maximum Gasteiger partial charge on any atom is 0.354 e. The molecule has 12 heteroatoms. The quantitative estimate of drug-likeness (QED) is 0.0659. The third kappa shape index (κ3) is 9.28. The summed E-state index contributed by atoms with van der Waals surface area (Å²) < 4.78 is 41.8. The lowest BCUT2D eigenvalue weighted by Gasteiger charge is -2.11. The fraction of sp³-hybridized carbons (Fsp3) is 0.323. The van der Waals surface area contributed by atoms with E-state index in [0.29, 0.717) is 59.7 Å². The predicted octanol–water partition coefficient (Wildman–Crippen LogP) is 5.75. The molecule has 2 aromatic heterocycles. The Labute approximate surface area is 253 Å². The van der Waals surface area contributed by atoms with E-state index in [2.05, 4.69) is 33.4 Å². The number of nitrogens with zero attached hydrogens (tertiary/aromatic N) is 3. The minimum Gasteiger partial charge on any atom is -0.388 e. The first-order valence-corrected chi connectivity index (χ1v) is 14.2. The van der Waals surface area contributed by atoms with Gasteiger partial charge in [-0.3, -0.25) is 9.56 Å². The van der Waals surface area contributed by atoms with E-state index in [9.17, 15) is 13.6 Å². The van der Waals surface area contributed by atoms with E-state index in [1.165, 1.54) is 10.6 Å². The number of rotatable bonds is 13. The van der Waals surface area contributed by atoms with Gasteiger partial charge in [0, 0.05) is 30.2 Å². The molecule has 4 rings (SSSR count). The third-order valence-corrected chi connectivity index (χ3v) is 6.90. The Morgan fingerprint density at radius 3 is 2.56 bits per heavy atom. The summed E-state index contributed by atoms with van der Waals surface area (Å²) in [7, 11) is 0. The Morgan fingerprint density at radius 2 is 1.88 bits per heavy atom. The van der Waals surface area contributed by atoms with E-state index in [4.69, 9.17) is 23.1 Å². The minimum atomic E-state index is -2.59. The van der Waals surface area contributed by atoms with E-state index in [1.54, 1.807) is 25.3 Å². The Kier molecular flexibility index (Phi) is 12.5. The van der Waals surface area contributed by atoms with Crippen molar-refractivity contribution in [2.45, 2.75) is 51.6 Å². The third-order valence-electron chi connectivity index (χ3n) is 6.63. The second-order valence-corrected chi connectivity index (χ2v) is 10.3.